The molecule has 0 amide bonds. The molecule has 2 aromatic carbocycles. The van der Waals surface area contributed by atoms with Crippen molar-refractivity contribution in [3.05, 3.63) is 89.8 Å². The molecule has 0 radical (unpaired) electrons. The Morgan fingerprint density at radius 3 is 2.32 bits per heavy atom. The number of nitrogens with zero attached hydrogens (tertiary/aromatic N) is 3. The number of anilines is 1. The maximum atomic E-state index is 15.2. The topological polar surface area (TPSA) is 128 Å². The van der Waals surface area contributed by atoms with E-state index in [4.69, 9.17) is 4.74 Å². The molecule has 0 saturated carbocycles. The molecular weight excluding hydrogens is 538 g/mol. The number of hydrogen-bond acceptors (Lipinski definition) is 8. The van der Waals surface area contributed by atoms with Gasteiger partial charge in [-0.15, -0.1) is 0 Å². The summed E-state index contributed by atoms with van der Waals surface area (Å²) < 4.78 is 87.4. The summed E-state index contributed by atoms with van der Waals surface area (Å²) in [5, 5.41) is -1.47. The summed E-state index contributed by atoms with van der Waals surface area (Å²) in [7, 11) is -7.84. The van der Waals surface area contributed by atoms with E-state index in [1.807, 2.05) is 0 Å². The molecule has 4 aromatic rings. The minimum Gasteiger partial charge on any atom is -0.435 e. The second-order valence-electron chi connectivity index (χ2n) is 8.35. The van der Waals surface area contributed by atoms with Crippen LogP contribution in [0, 0.1) is 18.6 Å². The molecule has 38 heavy (non-hydrogen) atoms. The molecule has 0 spiro atoms. The SMILES string of the molecule is Cc1cc(NS(=O)(=O)C(C)c2ccccc2)c(F)c(F)c1Oc1ncccc1-c1ccnc(S(C)(=O)=O)n1. The minimum absolute atomic E-state index is 0.0741. The van der Waals surface area contributed by atoms with Crippen molar-refractivity contribution >= 4 is 25.5 Å². The van der Waals surface area contributed by atoms with Gasteiger partial charge in [0, 0.05) is 18.6 Å². The molecule has 0 saturated heterocycles. The van der Waals surface area contributed by atoms with E-state index >= 15 is 8.78 Å². The van der Waals surface area contributed by atoms with Gasteiger partial charge in [0.15, 0.2) is 11.6 Å². The maximum Gasteiger partial charge on any atom is 0.247 e. The van der Waals surface area contributed by atoms with Crippen LogP contribution in [0.5, 0.6) is 11.6 Å². The normalized spacial score (nSPS) is 12.7. The monoisotopic (exact) mass is 560 g/mol. The van der Waals surface area contributed by atoms with Crippen LogP contribution in [0.1, 0.15) is 23.3 Å². The van der Waals surface area contributed by atoms with Gasteiger partial charge in [0.2, 0.25) is 36.7 Å². The Balaban J connectivity index is 1.68. The van der Waals surface area contributed by atoms with E-state index in [0.29, 0.717) is 5.56 Å². The average Bonchev–Trinajstić information content (AvgIpc) is 2.89. The zero-order valence-corrected chi connectivity index (χ0v) is 22.0. The van der Waals surface area contributed by atoms with Crippen LogP contribution in [-0.2, 0) is 19.9 Å². The number of sulfone groups is 1. The van der Waals surface area contributed by atoms with Crippen molar-refractivity contribution in [1.29, 1.82) is 0 Å². The van der Waals surface area contributed by atoms with Gasteiger partial charge in [-0.05, 0) is 49.2 Å². The lowest BCUT2D eigenvalue weighted by atomic mass is 10.1. The first kappa shape index (κ1) is 27.1. The zero-order chi connectivity index (χ0) is 27.7. The Morgan fingerprint density at radius 2 is 1.63 bits per heavy atom. The van der Waals surface area contributed by atoms with Gasteiger partial charge in [0.25, 0.3) is 0 Å². The van der Waals surface area contributed by atoms with Crippen LogP contribution in [0.4, 0.5) is 14.5 Å². The molecule has 2 heterocycles. The minimum atomic E-state index is -4.13. The van der Waals surface area contributed by atoms with Gasteiger partial charge >= 0.3 is 0 Å². The van der Waals surface area contributed by atoms with E-state index < -0.39 is 53.3 Å². The van der Waals surface area contributed by atoms with E-state index in [2.05, 4.69) is 19.7 Å². The fraction of sp³-hybridized carbons (Fsp3) is 0.160. The summed E-state index contributed by atoms with van der Waals surface area (Å²) in [6.45, 7) is 2.84. The number of ether oxygens (including phenoxy) is 1. The second kappa shape index (κ2) is 10.4. The molecule has 1 atom stereocenters. The molecule has 0 aliphatic heterocycles. The predicted molar refractivity (Wildman–Crippen MR) is 137 cm³/mol. The Labute approximate surface area is 218 Å². The molecule has 9 nitrogen and oxygen atoms in total. The first-order valence-corrected chi connectivity index (χ1v) is 14.5. The molecule has 198 valence electrons. The second-order valence-corrected chi connectivity index (χ2v) is 12.3. The summed E-state index contributed by atoms with van der Waals surface area (Å²) in [6, 6.07) is 13.9. The van der Waals surface area contributed by atoms with Crippen LogP contribution in [-0.4, -0.2) is 38.0 Å². The number of hydrogen-bond donors (Lipinski definition) is 1. The number of aryl methyl sites for hydroxylation is 1. The van der Waals surface area contributed by atoms with Gasteiger partial charge in [-0.25, -0.2) is 36.2 Å². The summed E-state index contributed by atoms with van der Waals surface area (Å²) in [4.78, 5) is 11.8. The van der Waals surface area contributed by atoms with Gasteiger partial charge in [-0.1, -0.05) is 30.3 Å². The first-order chi connectivity index (χ1) is 17.9. The number of nitrogens with one attached hydrogen (secondary N) is 1. The lowest BCUT2D eigenvalue weighted by molar-refractivity contribution is 0.404. The molecular formula is C25H22F2N4O5S2. The van der Waals surface area contributed by atoms with E-state index in [1.165, 1.54) is 44.4 Å². The van der Waals surface area contributed by atoms with E-state index in [9.17, 15) is 16.8 Å². The van der Waals surface area contributed by atoms with Crippen LogP contribution in [0.3, 0.4) is 0 Å². The zero-order valence-electron chi connectivity index (χ0n) is 20.4. The highest BCUT2D eigenvalue weighted by atomic mass is 32.2. The predicted octanol–water partition coefficient (Wildman–Crippen LogP) is 4.82. The van der Waals surface area contributed by atoms with Gasteiger partial charge < -0.3 is 4.74 Å². The highest BCUT2D eigenvalue weighted by Crippen LogP contribution is 2.37. The van der Waals surface area contributed by atoms with Crippen molar-refractivity contribution in [1.82, 2.24) is 15.0 Å². The molecule has 13 heteroatoms. The molecule has 1 N–H and O–H groups in total. The van der Waals surface area contributed by atoms with Crippen LogP contribution in [0.2, 0.25) is 0 Å². The van der Waals surface area contributed by atoms with Crippen molar-refractivity contribution in [2.24, 2.45) is 0 Å². The number of pyridine rings is 1. The molecule has 0 aliphatic rings. The van der Waals surface area contributed by atoms with Gasteiger partial charge in [-0.2, -0.15) is 4.39 Å². The fourth-order valence-electron chi connectivity index (χ4n) is 3.51. The number of rotatable bonds is 8. The van der Waals surface area contributed by atoms with Gasteiger partial charge in [-0.3, -0.25) is 4.72 Å². The summed E-state index contributed by atoms with van der Waals surface area (Å²) in [5.41, 5.74) is 0.292. The third-order valence-corrected chi connectivity index (χ3v) is 8.11. The number of benzene rings is 2. The highest BCUT2D eigenvalue weighted by Gasteiger charge is 2.27. The Bertz CT molecular complexity index is 1720. The third kappa shape index (κ3) is 5.63. The summed E-state index contributed by atoms with van der Waals surface area (Å²) in [5.74, 6) is -3.61. The summed E-state index contributed by atoms with van der Waals surface area (Å²) in [6.07, 6.45) is 3.53. The Kier molecular flexibility index (Phi) is 7.42. The van der Waals surface area contributed by atoms with Crippen molar-refractivity contribution in [2.45, 2.75) is 24.3 Å². The molecule has 2 aromatic heterocycles. The van der Waals surface area contributed by atoms with E-state index in [0.717, 1.165) is 12.3 Å². The molecule has 4 rings (SSSR count). The lowest BCUT2D eigenvalue weighted by Crippen LogP contribution is -2.20. The molecule has 0 aliphatic carbocycles. The van der Waals surface area contributed by atoms with Crippen LogP contribution in [0.25, 0.3) is 11.3 Å². The lowest BCUT2D eigenvalue weighted by Gasteiger charge is -2.18. The molecule has 0 fully saturated rings. The maximum absolute atomic E-state index is 15.2. The van der Waals surface area contributed by atoms with Crippen molar-refractivity contribution < 1.29 is 30.4 Å². The average molecular weight is 561 g/mol. The van der Waals surface area contributed by atoms with Crippen LogP contribution in [0.15, 0.2) is 72.1 Å². The Morgan fingerprint density at radius 1 is 0.921 bits per heavy atom. The smallest absolute Gasteiger partial charge is 0.247 e. The quantitative estimate of drug-likeness (QED) is 0.304. The number of sulfonamides is 1. The van der Waals surface area contributed by atoms with Crippen molar-refractivity contribution in [3.8, 4) is 22.9 Å². The van der Waals surface area contributed by atoms with E-state index in [1.54, 1.807) is 30.3 Å². The standard InChI is InChI=1S/C25H22F2N4O5S2/c1-15-14-20(31-38(34,35)16(2)17-8-5-4-6-9-17)21(26)22(27)23(15)36-24-18(10-7-12-28-24)19-11-13-29-25(30-19)37(3,32)33/h4-14,16,31H,1-3H3. The van der Waals surface area contributed by atoms with Crippen molar-refractivity contribution in [3.63, 3.8) is 0 Å². The fourth-order valence-corrected chi connectivity index (χ4v) is 5.18. The highest BCUT2D eigenvalue weighted by molar-refractivity contribution is 7.92. The first-order valence-electron chi connectivity index (χ1n) is 11.1. The molecule has 1 unspecified atom stereocenters. The van der Waals surface area contributed by atoms with Gasteiger partial charge in [0.1, 0.15) is 5.25 Å². The number of aromatic nitrogens is 3. The number of halogens is 2. The van der Waals surface area contributed by atoms with Crippen molar-refractivity contribution in [2.75, 3.05) is 11.0 Å². The van der Waals surface area contributed by atoms with Crippen LogP contribution < -0.4 is 9.46 Å². The van der Waals surface area contributed by atoms with Gasteiger partial charge in [0.05, 0.1) is 16.9 Å². The molecule has 0 bridgehead atoms. The van der Waals surface area contributed by atoms with Crippen LogP contribution >= 0.6 is 0 Å². The largest absolute Gasteiger partial charge is 0.435 e. The third-order valence-electron chi connectivity index (χ3n) is 5.55. The summed E-state index contributed by atoms with van der Waals surface area (Å²) >= 11 is 0. The Hall–Kier alpha value is -3.97. The van der Waals surface area contributed by atoms with E-state index in [-0.39, 0.29) is 22.7 Å².